The lowest BCUT2D eigenvalue weighted by molar-refractivity contribution is -0.140. The summed E-state index contributed by atoms with van der Waals surface area (Å²) in [6.45, 7) is 4.91. The van der Waals surface area contributed by atoms with Crippen molar-refractivity contribution >= 4 is 21.9 Å². The summed E-state index contributed by atoms with van der Waals surface area (Å²) in [5.41, 5.74) is 0.265. The van der Waals surface area contributed by atoms with E-state index in [0.29, 0.717) is 0 Å². The molecule has 0 aliphatic rings. The van der Waals surface area contributed by atoms with Gasteiger partial charge < -0.3 is 10.4 Å². The third-order valence-electron chi connectivity index (χ3n) is 2.81. The summed E-state index contributed by atoms with van der Waals surface area (Å²) in [6, 6.07) is 5.21. The van der Waals surface area contributed by atoms with Crippen molar-refractivity contribution in [3.8, 4) is 0 Å². The number of carbonyl (C=O) groups excluding carboxylic acids is 1. The minimum Gasteiger partial charge on any atom is -0.481 e. The molecule has 3 N–H and O–H groups in total. The van der Waals surface area contributed by atoms with Crippen molar-refractivity contribution in [1.82, 2.24) is 10.0 Å². The molecule has 1 amide bonds. The van der Waals surface area contributed by atoms with Crippen LogP contribution in [0.5, 0.6) is 0 Å². The standard InChI is InChI=1S/C14H20N2O5S/c1-9(2)16-22(20,21)12-6-4-11(5-7-12)13(17)15-8-10(3)14(18)19/h4-7,9-10,16H,8H2,1-3H3,(H,15,17)(H,18,19). The summed E-state index contributed by atoms with van der Waals surface area (Å²) in [7, 11) is -3.60. The van der Waals surface area contributed by atoms with E-state index in [0.717, 1.165) is 0 Å². The maximum Gasteiger partial charge on any atom is 0.308 e. The van der Waals surface area contributed by atoms with E-state index in [9.17, 15) is 18.0 Å². The number of hydrogen-bond acceptors (Lipinski definition) is 4. The normalized spacial score (nSPS) is 12.9. The molecule has 0 aliphatic carbocycles. The van der Waals surface area contributed by atoms with Gasteiger partial charge in [-0.1, -0.05) is 6.92 Å². The van der Waals surface area contributed by atoms with E-state index in [1.165, 1.54) is 31.2 Å². The maximum atomic E-state index is 11.9. The van der Waals surface area contributed by atoms with Gasteiger partial charge in [0.15, 0.2) is 0 Å². The molecule has 0 saturated carbocycles. The van der Waals surface area contributed by atoms with Crippen LogP contribution in [0.15, 0.2) is 29.2 Å². The second kappa shape index (κ2) is 7.37. The van der Waals surface area contributed by atoms with E-state index >= 15 is 0 Å². The van der Waals surface area contributed by atoms with Crippen LogP contribution >= 0.6 is 0 Å². The molecule has 122 valence electrons. The Kier molecular flexibility index (Phi) is 6.07. The Morgan fingerprint density at radius 2 is 1.68 bits per heavy atom. The van der Waals surface area contributed by atoms with Gasteiger partial charge in [0.25, 0.3) is 5.91 Å². The molecule has 22 heavy (non-hydrogen) atoms. The fraction of sp³-hybridized carbons (Fsp3) is 0.429. The molecule has 0 bridgehead atoms. The number of carboxylic acid groups (broad SMARTS) is 1. The summed E-state index contributed by atoms with van der Waals surface area (Å²) < 4.78 is 26.3. The molecule has 0 radical (unpaired) electrons. The Labute approximate surface area is 129 Å². The van der Waals surface area contributed by atoms with Gasteiger partial charge >= 0.3 is 5.97 Å². The molecule has 1 aromatic rings. The molecule has 1 aromatic carbocycles. The number of aliphatic carboxylic acids is 1. The van der Waals surface area contributed by atoms with Gasteiger partial charge in [-0.15, -0.1) is 0 Å². The number of benzene rings is 1. The minimum atomic E-state index is -3.60. The number of hydrogen-bond donors (Lipinski definition) is 3. The molecule has 0 spiro atoms. The number of amides is 1. The lowest BCUT2D eigenvalue weighted by Crippen LogP contribution is -2.32. The highest BCUT2D eigenvalue weighted by molar-refractivity contribution is 7.89. The second-order valence-corrected chi connectivity index (χ2v) is 6.96. The zero-order valence-corrected chi connectivity index (χ0v) is 13.5. The molecule has 0 heterocycles. The Hall–Kier alpha value is -1.93. The third kappa shape index (κ3) is 5.12. The van der Waals surface area contributed by atoms with Crippen molar-refractivity contribution < 1.29 is 23.1 Å². The summed E-state index contributed by atoms with van der Waals surface area (Å²) >= 11 is 0. The van der Waals surface area contributed by atoms with Gasteiger partial charge in [-0.05, 0) is 38.1 Å². The molecule has 0 aliphatic heterocycles. The molecular weight excluding hydrogens is 308 g/mol. The predicted octanol–water partition coefficient (Wildman–Crippen LogP) is 0.824. The number of nitrogens with one attached hydrogen (secondary N) is 2. The van der Waals surface area contributed by atoms with E-state index in [-0.39, 0.29) is 23.0 Å². The first kappa shape index (κ1) is 18.1. The Bertz CT molecular complexity index is 638. The van der Waals surface area contributed by atoms with Gasteiger partial charge in [0.2, 0.25) is 10.0 Å². The van der Waals surface area contributed by atoms with Crippen LogP contribution in [-0.2, 0) is 14.8 Å². The van der Waals surface area contributed by atoms with Gasteiger partial charge in [-0.25, -0.2) is 13.1 Å². The fourth-order valence-electron chi connectivity index (χ4n) is 1.60. The van der Waals surface area contributed by atoms with Crippen molar-refractivity contribution in [3.05, 3.63) is 29.8 Å². The smallest absolute Gasteiger partial charge is 0.308 e. The van der Waals surface area contributed by atoms with Crippen molar-refractivity contribution in [2.24, 2.45) is 5.92 Å². The first-order valence-electron chi connectivity index (χ1n) is 6.77. The highest BCUT2D eigenvalue weighted by atomic mass is 32.2. The number of carbonyl (C=O) groups is 2. The van der Waals surface area contributed by atoms with E-state index in [1.54, 1.807) is 13.8 Å². The highest BCUT2D eigenvalue weighted by Gasteiger charge is 2.17. The van der Waals surface area contributed by atoms with Crippen LogP contribution in [0.25, 0.3) is 0 Å². The monoisotopic (exact) mass is 328 g/mol. The Morgan fingerprint density at radius 1 is 1.14 bits per heavy atom. The molecule has 8 heteroatoms. The van der Waals surface area contributed by atoms with E-state index < -0.39 is 27.8 Å². The number of sulfonamides is 1. The minimum absolute atomic E-state index is 0.00310. The number of carboxylic acids is 1. The zero-order valence-electron chi connectivity index (χ0n) is 12.7. The molecule has 0 saturated heterocycles. The number of rotatable bonds is 7. The maximum absolute atomic E-state index is 11.9. The SMILES string of the molecule is CC(C)NS(=O)(=O)c1ccc(C(=O)NCC(C)C(=O)O)cc1. The lowest BCUT2D eigenvalue weighted by Gasteiger charge is -2.11. The van der Waals surface area contributed by atoms with Crippen LogP contribution in [0.4, 0.5) is 0 Å². The van der Waals surface area contributed by atoms with Gasteiger partial charge in [0.05, 0.1) is 10.8 Å². The van der Waals surface area contributed by atoms with Crippen LogP contribution in [0, 0.1) is 5.92 Å². The largest absolute Gasteiger partial charge is 0.481 e. The zero-order chi connectivity index (χ0) is 16.9. The molecule has 1 unspecified atom stereocenters. The summed E-state index contributed by atoms with van der Waals surface area (Å²) in [6.07, 6.45) is 0. The Balaban J connectivity index is 2.76. The predicted molar refractivity (Wildman–Crippen MR) is 81.0 cm³/mol. The molecular formula is C14H20N2O5S. The lowest BCUT2D eigenvalue weighted by atomic mass is 10.1. The van der Waals surface area contributed by atoms with Gasteiger partial charge in [-0.3, -0.25) is 9.59 Å². The highest BCUT2D eigenvalue weighted by Crippen LogP contribution is 2.11. The Morgan fingerprint density at radius 3 is 2.14 bits per heavy atom. The summed E-state index contributed by atoms with van der Waals surface area (Å²) in [5, 5.41) is 11.2. The van der Waals surface area contributed by atoms with Crippen molar-refractivity contribution in [2.75, 3.05) is 6.54 Å². The van der Waals surface area contributed by atoms with Crippen LogP contribution < -0.4 is 10.0 Å². The summed E-state index contributed by atoms with van der Waals surface area (Å²) in [4.78, 5) is 22.6. The van der Waals surface area contributed by atoms with Crippen molar-refractivity contribution in [3.63, 3.8) is 0 Å². The molecule has 0 fully saturated rings. The topological polar surface area (TPSA) is 113 Å². The first-order valence-corrected chi connectivity index (χ1v) is 8.25. The molecule has 0 aromatic heterocycles. The van der Waals surface area contributed by atoms with E-state index in [2.05, 4.69) is 10.0 Å². The van der Waals surface area contributed by atoms with Crippen LogP contribution in [0.1, 0.15) is 31.1 Å². The second-order valence-electron chi connectivity index (χ2n) is 5.25. The van der Waals surface area contributed by atoms with Gasteiger partial charge in [0, 0.05) is 18.2 Å². The van der Waals surface area contributed by atoms with Crippen molar-refractivity contribution in [1.29, 1.82) is 0 Å². The van der Waals surface area contributed by atoms with Gasteiger partial charge in [0.1, 0.15) is 0 Å². The summed E-state index contributed by atoms with van der Waals surface area (Å²) in [5.74, 6) is -2.14. The molecule has 1 rings (SSSR count). The third-order valence-corrected chi connectivity index (χ3v) is 4.48. The molecule has 7 nitrogen and oxygen atoms in total. The van der Waals surface area contributed by atoms with Crippen LogP contribution in [-0.4, -0.2) is 38.0 Å². The van der Waals surface area contributed by atoms with E-state index in [4.69, 9.17) is 5.11 Å². The van der Waals surface area contributed by atoms with Gasteiger partial charge in [-0.2, -0.15) is 0 Å². The average molecular weight is 328 g/mol. The van der Waals surface area contributed by atoms with Crippen LogP contribution in [0.3, 0.4) is 0 Å². The quantitative estimate of drug-likeness (QED) is 0.686. The average Bonchev–Trinajstić information content (AvgIpc) is 2.43. The fourth-order valence-corrected chi connectivity index (χ4v) is 2.85. The van der Waals surface area contributed by atoms with E-state index in [1.807, 2.05) is 0 Å². The van der Waals surface area contributed by atoms with Crippen molar-refractivity contribution in [2.45, 2.75) is 31.7 Å². The first-order chi connectivity index (χ1) is 10.1. The van der Waals surface area contributed by atoms with Crippen LogP contribution in [0.2, 0.25) is 0 Å². The molecule has 1 atom stereocenters.